The minimum absolute atomic E-state index is 0.0170. The first-order valence-electron chi connectivity index (χ1n) is 14.2. The van der Waals surface area contributed by atoms with Gasteiger partial charge >= 0.3 is 0 Å². The van der Waals surface area contributed by atoms with Crippen LogP contribution in [0.4, 0.5) is 0 Å². The van der Waals surface area contributed by atoms with Crippen LogP contribution < -0.4 is 0 Å². The Morgan fingerprint density at radius 1 is 0.700 bits per heavy atom. The van der Waals surface area contributed by atoms with Crippen molar-refractivity contribution in [2.75, 3.05) is 0 Å². The summed E-state index contributed by atoms with van der Waals surface area (Å²) in [7, 11) is -5.71. The molecule has 0 N–H and O–H groups in total. The quantitative estimate of drug-likeness (QED) is 0.166. The first kappa shape index (κ1) is 28.3. The fourth-order valence-corrected chi connectivity index (χ4v) is 9.94. The summed E-state index contributed by atoms with van der Waals surface area (Å²) in [6, 6.07) is 38.6. The molecule has 0 aliphatic heterocycles. The Morgan fingerprint density at radius 2 is 1.23 bits per heavy atom. The molecule has 5 heteroatoms. The predicted octanol–water partition coefficient (Wildman–Crippen LogP) is 8.86. The average Bonchev–Trinajstić information content (AvgIpc) is 2.96. The van der Waals surface area contributed by atoms with Crippen molar-refractivity contribution in [3.05, 3.63) is 138 Å². The van der Waals surface area contributed by atoms with Gasteiger partial charge in [0.05, 0.1) is 10.6 Å². The third-order valence-electron chi connectivity index (χ3n) is 8.48. The molecule has 0 saturated heterocycles. The summed E-state index contributed by atoms with van der Waals surface area (Å²) >= 11 is 0. The minimum Gasteiger partial charge on any atom is -0.199 e. The maximum Gasteiger partial charge on any atom is 0.282 e. The minimum atomic E-state index is -3.91. The zero-order chi connectivity index (χ0) is 28.3. The van der Waals surface area contributed by atoms with Crippen molar-refractivity contribution in [2.45, 2.75) is 61.7 Å². The van der Waals surface area contributed by atoms with Gasteiger partial charge in [-0.3, -0.25) is 0 Å². The number of nitrogens with zero attached hydrogens (tertiary/aromatic N) is 1. The molecule has 0 heterocycles. The molecule has 1 fully saturated rings. The summed E-state index contributed by atoms with van der Waals surface area (Å²) in [5.74, 6) is 0.533. The van der Waals surface area contributed by atoms with Crippen LogP contribution in [0.3, 0.4) is 0 Å². The van der Waals surface area contributed by atoms with E-state index in [0.29, 0.717) is 17.2 Å². The SMILES string of the molecule is Cc1ccc(S(=O)(=O)/N=C(\c2ccccc2)[C@H]2[C@@H](c3ccccc3)C[C@@H](c3ccccc3)C[C@@H]2[Si](C)(C)C)cc1. The van der Waals surface area contributed by atoms with E-state index in [-0.39, 0.29) is 16.7 Å². The lowest BCUT2D eigenvalue weighted by Crippen LogP contribution is -2.44. The Balaban J connectivity index is 1.73. The van der Waals surface area contributed by atoms with Gasteiger partial charge < -0.3 is 0 Å². The van der Waals surface area contributed by atoms with E-state index < -0.39 is 18.1 Å². The third kappa shape index (κ3) is 6.21. The first-order valence-corrected chi connectivity index (χ1v) is 19.2. The van der Waals surface area contributed by atoms with Gasteiger partial charge in [0.1, 0.15) is 0 Å². The maximum absolute atomic E-state index is 13.9. The maximum atomic E-state index is 13.9. The highest BCUT2D eigenvalue weighted by molar-refractivity contribution is 7.90. The highest BCUT2D eigenvalue weighted by Crippen LogP contribution is 2.55. The second-order valence-corrected chi connectivity index (χ2v) is 19.3. The van der Waals surface area contributed by atoms with E-state index in [4.69, 9.17) is 4.40 Å². The highest BCUT2D eigenvalue weighted by Gasteiger charge is 2.47. The zero-order valence-electron chi connectivity index (χ0n) is 23.9. The van der Waals surface area contributed by atoms with Crippen LogP contribution in [-0.4, -0.2) is 22.2 Å². The molecule has 0 bridgehead atoms. The summed E-state index contributed by atoms with van der Waals surface area (Å²) in [6.45, 7) is 9.24. The topological polar surface area (TPSA) is 46.5 Å². The van der Waals surface area contributed by atoms with E-state index in [1.54, 1.807) is 12.1 Å². The molecule has 0 amide bonds. The van der Waals surface area contributed by atoms with E-state index in [1.807, 2.05) is 49.4 Å². The van der Waals surface area contributed by atoms with Crippen LogP contribution in [0, 0.1) is 12.8 Å². The number of hydrogen-bond donors (Lipinski definition) is 0. The van der Waals surface area contributed by atoms with Gasteiger partial charge in [0.2, 0.25) is 0 Å². The Labute approximate surface area is 241 Å². The van der Waals surface area contributed by atoms with Crippen LogP contribution in [0.5, 0.6) is 0 Å². The van der Waals surface area contributed by atoms with Gasteiger partial charge in [0.15, 0.2) is 0 Å². The van der Waals surface area contributed by atoms with Gasteiger partial charge in [0.25, 0.3) is 10.0 Å². The van der Waals surface area contributed by atoms with Crippen LogP contribution in [-0.2, 0) is 10.0 Å². The predicted molar refractivity (Wildman–Crippen MR) is 170 cm³/mol. The second kappa shape index (κ2) is 11.7. The molecule has 4 atom stereocenters. The molecule has 5 rings (SSSR count). The Morgan fingerprint density at radius 3 is 1.77 bits per heavy atom. The van der Waals surface area contributed by atoms with Gasteiger partial charge in [-0.05, 0) is 66.0 Å². The normalized spacial score (nSPS) is 22.1. The van der Waals surface area contributed by atoms with Gasteiger partial charge in [-0.25, -0.2) is 0 Å². The molecule has 4 aromatic rings. The lowest BCUT2D eigenvalue weighted by molar-refractivity contribution is 0.336. The third-order valence-corrected chi connectivity index (χ3v) is 12.6. The largest absolute Gasteiger partial charge is 0.282 e. The molecule has 40 heavy (non-hydrogen) atoms. The fraction of sp³-hybridized carbons (Fsp3) is 0.286. The van der Waals surface area contributed by atoms with Crippen molar-refractivity contribution < 1.29 is 8.42 Å². The molecule has 1 aliphatic rings. The van der Waals surface area contributed by atoms with Gasteiger partial charge in [-0.15, -0.1) is 0 Å². The van der Waals surface area contributed by atoms with Crippen LogP contribution in [0.25, 0.3) is 0 Å². The van der Waals surface area contributed by atoms with Crippen LogP contribution in [0.1, 0.15) is 46.9 Å². The molecule has 1 saturated carbocycles. The van der Waals surface area contributed by atoms with Crippen LogP contribution in [0.2, 0.25) is 25.2 Å². The monoisotopic (exact) mass is 565 g/mol. The number of sulfonamides is 1. The van der Waals surface area contributed by atoms with Crippen LogP contribution in [0.15, 0.2) is 125 Å². The van der Waals surface area contributed by atoms with Gasteiger partial charge in [-0.1, -0.05) is 128 Å². The Hall–Kier alpha value is -3.28. The number of rotatable bonds is 7. The summed E-state index contributed by atoms with van der Waals surface area (Å²) in [4.78, 5) is 0.241. The summed E-state index contributed by atoms with van der Waals surface area (Å²) in [6.07, 6.45) is 1.99. The average molecular weight is 566 g/mol. The molecule has 4 aromatic carbocycles. The van der Waals surface area contributed by atoms with Gasteiger partial charge in [0, 0.05) is 14.0 Å². The summed E-state index contributed by atoms with van der Waals surface area (Å²) in [5.41, 5.74) is 5.58. The summed E-state index contributed by atoms with van der Waals surface area (Å²) in [5, 5.41) is 0. The number of aryl methyl sites for hydroxylation is 1. The molecular weight excluding hydrogens is 527 g/mol. The molecule has 0 radical (unpaired) electrons. The molecule has 0 aromatic heterocycles. The molecule has 1 aliphatic carbocycles. The zero-order valence-corrected chi connectivity index (χ0v) is 25.7. The van der Waals surface area contributed by atoms with E-state index in [9.17, 15) is 8.42 Å². The highest BCUT2D eigenvalue weighted by atomic mass is 32.2. The van der Waals surface area contributed by atoms with E-state index in [0.717, 1.165) is 24.0 Å². The Bertz CT molecular complexity index is 1540. The number of hydrogen-bond acceptors (Lipinski definition) is 2. The lowest BCUT2D eigenvalue weighted by atomic mass is 9.66. The standard InChI is InChI=1S/C35H39NO2SSi/c1-26-20-22-31(23-21-26)39(37,38)36-35(29-18-12-7-13-19-29)34-32(28-16-10-6-11-17-28)24-30(25-33(34)40(2,3)4)27-14-8-5-9-15-27/h5-23,30,32-34H,24-25H2,1-4H3/b36-35+/t30-,32-,33+,34+/m1/s1. The summed E-state index contributed by atoms with van der Waals surface area (Å²) < 4.78 is 32.5. The van der Waals surface area contributed by atoms with Crippen molar-refractivity contribution in [1.29, 1.82) is 0 Å². The second-order valence-electron chi connectivity index (χ2n) is 12.2. The van der Waals surface area contributed by atoms with E-state index >= 15 is 0 Å². The van der Waals surface area contributed by atoms with Crippen molar-refractivity contribution in [3.8, 4) is 0 Å². The van der Waals surface area contributed by atoms with E-state index in [1.165, 1.54) is 11.1 Å². The van der Waals surface area contributed by atoms with Crippen molar-refractivity contribution >= 4 is 23.8 Å². The molecule has 3 nitrogen and oxygen atoms in total. The van der Waals surface area contributed by atoms with Gasteiger partial charge in [-0.2, -0.15) is 12.8 Å². The van der Waals surface area contributed by atoms with Crippen molar-refractivity contribution in [3.63, 3.8) is 0 Å². The molecule has 206 valence electrons. The van der Waals surface area contributed by atoms with Crippen molar-refractivity contribution in [2.24, 2.45) is 10.3 Å². The number of benzene rings is 4. The molecule has 0 spiro atoms. The first-order chi connectivity index (χ1) is 19.1. The van der Waals surface area contributed by atoms with E-state index in [2.05, 4.69) is 80.3 Å². The van der Waals surface area contributed by atoms with Crippen LogP contribution >= 0.6 is 0 Å². The van der Waals surface area contributed by atoms with Crippen molar-refractivity contribution in [1.82, 2.24) is 0 Å². The lowest BCUT2D eigenvalue weighted by Gasteiger charge is -2.48. The fourth-order valence-electron chi connectivity index (χ4n) is 6.40. The molecule has 0 unspecified atom stereocenters. The smallest absolute Gasteiger partial charge is 0.199 e. The Kier molecular flexibility index (Phi) is 8.25. The molecular formula is C35H39NO2SSi.